The van der Waals surface area contributed by atoms with E-state index in [9.17, 15) is 19.6 Å². The molecule has 0 saturated heterocycles. The van der Waals surface area contributed by atoms with Crippen LogP contribution in [0.3, 0.4) is 0 Å². The lowest BCUT2D eigenvalue weighted by molar-refractivity contribution is -0.384. The fraction of sp³-hybridized carbons (Fsp3) is 0. The average Bonchev–Trinajstić information content (AvgIpc) is 3.21. The molecular formula is C24H14FN3O4. The van der Waals surface area contributed by atoms with E-state index in [4.69, 9.17) is 4.42 Å². The highest BCUT2D eigenvalue weighted by Gasteiger charge is 2.13. The number of hydrogen-bond donors (Lipinski definition) is 1. The predicted octanol–water partition coefficient (Wildman–Crippen LogP) is 6.15. The van der Waals surface area contributed by atoms with Crippen molar-refractivity contribution in [3.63, 3.8) is 0 Å². The minimum atomic E-state index is -0.469. The first-order valence-corrected chi connectivity index (χ1v) is 9.59. The van der Waals surface area contributed by atoms with Crippen molar-refractivity contribution in [3.05, 3.63) is 94.3 Å². The number of nitro groups is 1. The van der Waals surface area contributed by atoms with Gasteiger partial charge in [-0.25, -0.2) is 9.37 Å². The van der Waals surface area contributed by atoms with Crippen LogP contribution in [0.25, 0.3) is 33.3 Å². The van der Waals surface area contributed by atoms with Crippen LogP contribution in [0.2, 0.25) is 0 Å². The third kappa shape index (κ3) is 3.43. The van der Waals surface area contributed by atoms with E-state index in [1.807, 2.05) is 0 Å². The van der Waals surface area contributed by atoms with Gasteiger partial charge in [0.05, 0.1) is 16.2 Å². The molecule has 0 aliphatic rings. The van der Waals surface area contributed by atoms with Crippen molar-refractivity contribution in [2.24, 2.45) is 4.99 Å². The number of rotatable bonds is 4. The van der Waals surface area contributed by atoms with E-state index in [1.54, 1.807) is 48.5 Å². The summed E-state index contributed by atoms with van der Waals surface area (Å²) in [5, 5.41) is 22.6. The summed E-state index contributed by atoms with van der Waals surface area (Å²) >= 11 is 0. The van der Waals surface area contributed by atoms with Gasteiger partial charge in [0, 0.05) is 23.9 Å². The van der Waals surface area contributed by atoms with Gasteiger partial charge in [-0.2, -0.15) is 0 Å². The van der Waals surface area contributed by atoms with Gasteiger partial charge >= 0.3 is 0 Å². The summed E-state index contributed by atoms with van der Waals surface area (Å²) in [6, 6.07) is 18.8. The highest BCUT2D eigenvalue weighted by atomic mass is 19.1. The molecule has 5 aromatic rings. The van der Waals surface area contributed by atoms with E-state index in [2.05, 4.69) is 9.98 Å². The van der Waals surface area contributed by atoms with E-state index in [-0.39, 0.29) is 22.9 Å². The molecule has 0 aliphatic heterocycles. The molecule has 0 amide bonds. The lowest BCUT2D eigenvalue weighted by Crippen LogP contribution is -1.90. The molecule has 0 bridgehead atoms. The lowest BCUT2D eigenvalue weighted by Gasteiger charge is -2.05. The number of fused-ring (bicyclic) bond motifs is 2. The van der Waals surface area contributed by atoms with Crippen LogP contribution < -0.4 is 0 Å². The van der Waals surface area contributed by atoms with Crippen LogP contribution >= 0.6 is 0 Å². The Morgan fingerprint density at radius 1 is 1.06 bits per heavy atom. The zero-order valence-corrected chi connectivity index (χ0v) is 16.4. The van der Waals surface area contributed by atoms with E-state index in [0.29, 0.717) is 33.1 Å². The lowest BCUT2D eigenvalue weighted by atomic mass is 10.0. The Morgan fingerprint density at radius 2 is 1.91 bits per heavy atom. The van der Waals surface area contributed by atoms with Crippen LogP contribution in [0.5, 0.6) is 5.75 Å². The number of aliphatic imine (C=N–C) groups is 1. The molecule has 0 atom stereocenters. The van der Waals surface area contributed by atoms with Crippen molar-refractivity contribution in [1.29, 1.82) is 0 Å². The SMILES string of the molecule is O=[N+]([O-])c1ccc2c(C=Nc3ccc4oc(-c5ccccc5F)nc4c3)c(O)ccc2c1. The smallest absolute Gasteiger partial charge is 0.270 e. The van der Waals surface area contributed by atoms with Crippen molar-refractivity contribution in [2.45, 2.75) is 0 Å². The Hall–Kier alpha value is -4.59. The van der Waals surface area contributed by atoms with Crippen LogP contribution in [-0.2, 0) is 0 Å². The Balaban J connectivity index is 1.52. The highest BCUT2D eigenvalue weighted by Crippen LogP contribution is 2.31. The maximum atomic E-state index is 14.0. The molecule has 156 valence electrons. The van der Waals surface area contributed by atoms with E-state index < -0.39 is 10.7 Å². The monoisotopic (exact) mass is 427 g/mol. The molecule has 5 rings (SSSR count). The Morgan fingerprint density at radius 3 is 2.72 bits per heavy atom. The second-order valence-electron chi connectivity index (χ2n) is 7.07. The summed E-state index contributed by atoms with van der Waals surface area (Å²) in [6.07, 6.45) is 1.49. The number of non-ortho nitro benzene ring substituents is 1. The quantitative estimate of drug-likeness (QED) is 0.210. The Labute approximate surface area is 180 Å². The fourth-order valence-corrected chi connectivity index (χ4v) is 3.46. The Kier molecular flexibility index (Phi) is 4.59. The van der Waals surface area contributed by atoms with Gasteiger partial charge < -0.3 is 9.52 Å². The van der Waals surface area contributed by atoms with Gasteiger partial charge in [0.25, 0.3) is 5.69 Å². The molecule has 0 fully saturated rings. The number of phenols is 1. The van der Waals surface area contributed by atoms with Crippen molar-refractivity contribution in [3.8, 4) is 17.2 Å². The number of benzene rings is 4. The molecule has 0 spiro atoms. The van der Waals surface area contributed by atoms with Gasteiger partial charge in [-0.05, 0) is 53.2 Å². The van der Waals surface area contributed by atoms with Gasteiger partial charge in [-0.1, -0.05) is 18.2 Å². The van der Waals surface area contributed by atoms with Gasteiger partial charge in [0.1, 0.15) is 17.1 Å². The van der Waals surface area contributed by atoms with Crippen LogP contribution in [0.15, 0.2) is 82.2 Å². The van der Waals surface area contributed by atoms with Crippen LogP contribution in [-0.4, -0.2) is 21.2 Å². The molecule has 1 aromatic heterocycles. The fourth-order valence-electron chi connectivity index (χ4n) is 3.46. The molecule has 0 unspecified atom stereocenters. The molecule has 0 saturated carbocycles. The molecular weight excluding hydrogens is 413 g/mol. The summed E-state index contributed by atoms with van der Waals surface area (Å²) in [4.78, 5) is 19.3. The number of aromatic nitrogens is 1. The first kappa shape index (κ1) is 19.4. The number of hydrogen-bond acceptors (Lipinski definition) is 6. The minimum absolute atomic E-state index is 0.000503. The van der Waals surface area contributed by atoms with Crippen molar-refractivity contribution in [1.82, 2.24) is 4.98 Å². The molecule has 4 aromatic carbocycles. The first-order chi connectivity index (χ1) is 15.5. The van der Waals surface area contributed by atoms with Crippen LogP contribution in [0, 0.1) is 15.9 Å². The second-order valence-corrected chi connectivity index (χ2v) is 7.07. The molecule has 8 heteroatoms. The number of halogens is 1. The zero-order chi connectivity index (χ0) is 22.2. The largest absolute Gasteiger partial charge is 0.507 e. The molecule has 0 aliphatic carbocycles. The molecule has 1 heterocycles. The molecule has 32 heavy (non-hydrogen) atoms. The van der Waals surface area contributed by atoms with Gasteiger partial charge in [-0.3, -0.25) is 15.1 Å². The van der Waals surface area contributed by atoms with Gasteiger partial charge in [0.2, 0.25) is 5.89 Å². The van der Waals surface area contributed by atoms with Gasteiger partial charge in [-0.15, -0.1) is 0 Å². The maximum Gasteiger partial charge on any atom is 0.270 e. The summed E-state index contributed by atoms with van der Waals surface area (Å²) in [6.45, 7) is 0. The van der Waals surface area contributed by atoms with Crippen LogP contribution in [0.1, 0.15) is 5.56 Å². The predicted molar refractivity (Wildman–Crippen MR) is 119 cm³/mol. The number of nitrogens with zero attached hydrogens (tertiary/aromatic N) is 3. The average molecular weight is 427 g/mol. The number of phenolic OH excluding ortho intramolecular Hbond substituents is 1. The third-order valence-electron chi connectivity index (χ3n) is 5.05. The summed E-state index contributed by atoms with van der Waals surface area (Å²) in [5.74, 6) is -0.254. The topological polar surface area (TPSA) is 102 Å². The highest BCUT2D eigenvalue weighted by molar-refractivity contribution is 6.03. The van der Waals surface area contributed by atoms with E-state index >= 15 is 0 Å². The molecule has 1 N–H and O–H groups in total. The van der Waals surface area contributed by atoms with Gasteiger partial charge in [0.15, 0.2) is 5.58 Å². The standard InChI is InChI=1S/C24H14FN3O4/c25-20-4-2-1-3-18(20)24-27-21-12-15(6-10-23(21)32-24)26-13-19-17-8-7-16(28(30)31)11-14(17)5-9-22(19)29/h1-13,29H. The normalized spacial score (nSPS) is 11.5. The maximum absolute atomic E-state index is 14.0. The zero-order valence-electron chi connectivity index (χ0n) is 16.4. The first-order valence-electron chi connectivity index (χ1n) is 9.59. The number of oxazole rings is 1. The number of nitro benzene ring substituents is 1. The number of aromatic hydroxyl groups is 1. The van der Waals surface area contributed by atoms with Crippen LogP contribution in [0.4, 0.5) is 15.8 Å². The second kappa shape index (κ2) is 7.59. The summed E-state index contributed by atoms with van der Waals surface area (Å²) < 4.78 is 19.7. The minimum Gasteiger partial charge on any atom is -0.507 e. The van der Waals surface area contributed by atoms with Crippen molar-refractivity contribution >= 4 is 39.5 Å². The Bertz CT molecular complexity index is 1540. The van der Waals surface area contributed by atoms with Crippen molar-refractivity contribution in [2.75, 3.05) is 0 Å². The van der Waals surface area contributed by atoms with Crippen molar-refractivity contribution < 1.29 is 18.8 Å². The molecule has 0 radical (unpaired) electrons. The van der Waals surface area contributed by atoms with E-state index in [0.717, 1.165) is 0 Å². The summed E-state index contributed by atoms with van der Waals surface area (Å²) in [7, 11) is 0. The van der Waals surface area contributed by atoms with E-state index in [1.165, 1.54) is 30.5 Å². The third-order valence-corrected chi connectivity index (χ3v) is 5.05. The molecule has 7 nitrogen and oxygen atoms in total. The summed E-state index contributed by atoms with van der Waals surface area (Å²) in [5.41, 5.74) is 2.21.